The summed E-state index contributed by atoms with van der Waals surface area (Å²) in [6, 6.07) is 31.6. The van der Waals surface area contributed by atoms with Crippen LogP contribution in [0.2, 0.25) is 0 Å². The summed E-state index contributed by atoms with van der Waals surface area (Å²) >= 11 is 3.52. The molecule has 0 fully saturated rings. The van der Waals surface area contributed by atoms with E-state index in [4.69, 9.17) is 4.42 Å². The van der Waals surface area contributed by atoms with Crippen LogP contribution in [0.15, 0.2) is 99.9 Å². The van der Waals surface area contributed by atoms with Crippen LogP contribution in [0, 0.1) is 0 Å². The zero-order chi connectivity index (χ0) is 17.5. The lowest BCUT2D eigenvalue weighted by atomic mass is 9.99. The molecule has 0 atom stereocenters. The molecule has 26 heavy (non-hydrogen) atoms. The summed E-state index contributed by atoms with van der Waals surface area (Å²) in [5.74, 6) is 0. The molecule has 0 radical (unpaired) electrons. The Morgan fingerprint density at radius 3 is 2.12 bits per heavy atom. The van der Waals surface area contributed by atoms with E-state index in [-0.39, 0.29) is 0 Å². The third kappa shape index (κ3) is 2.54. The van der Waals surface area contributed by atoms with Crippen molar-refractivity contribution in [3.05, 3.63) is 95.5 Å². The van der Waals surface area contributed by atoms with Crippen molar-refractivity contribution in [1.82, 2.24) is 0 Å². The minimum Gasteiger partial charge on any atom is -0.455 e. The lowest BCUT2D eigenvalue weighted by molar-refractivity contribution is 0.670. The zero-order valence-electron chi connectivity index (χ0n) is 13.9. The smallest absolute Gasteiger partial charge is 0.143 e. The van der Waals surface area contributed by atoms with Crippen LogP contribution < -0.4 is 0 Å². The molecule has 1 heterocycles. The third-order valence-corrected chi connectivity index (χ3v) is 5.26. The maximum Gasteiger partial charge on any atom is 0.143 e. The topological polar surface area (TPSA) is 13.1 Å². The van der Waals surface area contributed by atoms with E-state index in [1.165, 1.54) is 11.1 Å². The SMILES string of the molecule is Brc1ccc2c(c1)oc1c(-c3ccc(-c4ccccc4)cc3)cccc12. The third-order valence-electron chi connectivity index (χ3n) is 4.76. The number of fused-ring (bicyclic) bond motifs is 3. The van der Waals surface area contributed by atoms with E-state index >= 15 is 0 Å². The van der Waals surface area contributed by atoms with Gasteiger partial charge in [-0.1, -0.05) is 88.7 Å². The molecular formula is C24H15BrO. The van der Waals surface area contributed by atoms with Crippen LogP contribution in [0.25, 0.3) is 44.2 Å². The summed E-state index contributed by atoms with van der Waals surface area (Å²) < 4.78 is 7.23. The van der Waals surface area contributed by atoms with Crippen molar-refractivity contribution in [2.24, 2.45) is 0 Å². The Hall–Kier alpha value is -2.84. The van der Waals surface area contributed by atoms with Crippen LogP contribution in [-0.4, -0.2) is 0 Å². The molecule has 0 saturated heterocycles. The van der Waals surface area contributed by atoms with Crippen molar-refractivity contribution >= 4 is 37.9 Å². The van der Waals surface area contributed by atoms with Crippen molar-refractivity contribution in [1.29, 1.82) is 0 Å². The van der Waals surface area contributed by atoms with E-state index in [2.05, 4.69) is 94.8 Å². The Morgan fingerprint density at radius 2 is 1.31 bits per heavy atom. The van der Waals surface area contributed by atoms with Crippen molar-refractivity contribution in [2.45, 2.75) is 0 Å². The maximum absolute atomic E-state index is 6.20. The Labute approximate surface area is 160 Å². The highest BCUT2D eigenvalue weighted by molar-refractivity contribution is 9.10. The largest absolute Gasteiger partial charge is 0.455 e. The predicted molar refractivity (Wildman–Crippen MR) is 112 cm³/mol. The number of hydrogen-bond acceptors (Lipinski definition) is 1. The molecule has 0 saturated carbocycles. The first-order valence-electron chi connectivity index (χ1n) is 8.56. The first-order valence-corrected chi connectivity index (χ1v) is 9.35. The Morgan fingerprint density at radius 1 is 0.577 bits per heavy atom. The second-order valence-electron chi connectivity index (χ2n) is 6.37. The Bertz CT molecular complexity index is 1220. The fourth-order valence-corrected chi connectivity index (χ4v) is 3.81. The first-order chi connectivity index (χ1) is 12.8. The summed E-state index contributed by atoms with van der Waals surface area (Å²) in [4.78, 5) is 0. The van der Waals surface area contributed by atoms with E-state index in [0.717, 1.165) is 37.5 Å². The molecule has 0 aliphatic rings. The van der Waals surface area contributed by atoms with E-state index in [0.29, 0.717) is 0 Å². The lowest BCUT2D eigenvalue weighted by Crippen LogP contribution is -1.81. The molecule has 4 aromatic carbocycles. The number of benzene rings is 4. The summed E-state index contributed by atoms with van der Waals surface area (Å²) in [5, 5.41) is 2.29. The van der Waals surface area contributed by atoms with Crippen molar-refractivity contribution < 1.29 is 4.42 Å². The van der Waals surface area contributed by atoms with Gasteiger partial charge in [-0.05, 0) is 34.9 Å². The van der Waals surface area contributed by atoms with Gasteiger partial charge in [0.2, 0.25) is 0 Å². The highest BCUT2D eigenvalue weighted by Gasteiger charge is 2.12. The van der Waals surface area contributed by atoms with E-state index < -0.39 is 0 Å². The van der Waals surface area contributed by atoms with E-state index in [1.807, 2.05) is 12.1 Å². The van der Waals surface area contributed by atoms with E-state index in [9.17, 15) is 0 Å². The minimum absolute atomic E-state index is 0.905. The number of hydrogen-bond donors (Lipinski definition) is 0. The quantitative estimate of drug-likeness (QED) is 0.297. The zero-order valence-corrected chi connectivity index (χ0v) is 15.5. The average Bonchev–Trinajstić information content (AvgIpc) is 3.06. The van der Waals surface area contributed by atoms with Crippen LogP contribution in [0.1, 0.15) is 0 Å². The molecule has 0 bridgehead atoms. The van der Waals surface area contributed by atoms with Crippen molar-refractivity contribution in [2.75, 3.05) is 0 Å². The Kier molecular flexibility index (Phi) is 3.65. The Balaban J connectivity index is 1.66. The number of para-hydroxylation sites is 1. The van der Waals surface area contributed by atoms with Gasteiger partial charge >= 0.3 is 0 Å². The van der Waals surface area contributed by atoms with E-state index in [1.54, 1.807) is 0 Å². The van der Waals surface area contributed by atoms with Gasteiger partial charge in [0.15, 0.2) is 0 Å². The fourth-order valence-electron chi connectivity index (χ4n) is 3.47. The van der Waals surface area contributed by atoms with Gasteiger partial charge in [0.25, 0.3) is 0 Å². The van der Waals surface area contributed by atoms with Gasteiger partial charge in [-0.25, -0.2) is 0 Å². The molecule has 5 aromatic rings. The van der Waals surface area contributed by atoms with Gasteiger partial charge in [-0.2, -0.15) is 0 Å². The van der Waals surface area contributed by atoms with Crippen LogP contribution in [0.4, 0.5) is 0 Å². The molecule has 0 aliphatic heterocycles. The lowest BCUT2D eigenvalue weighted by Gasteiger charge is -2.05. The summed E-state index contributed by atoms with van der Waals surface area (Å²) in [6.45, 7) is 0. The van der Waals surface area contributed by atoms with Crippen LogP contribution >= 0.6 is 15.9 Å². The van der Waals surface area contributed by atoms with Gasteiger partial charge in [-0.3, -0.25) is 0 Å². The number of halogens is 1. The monoisotopic (exact) mass is 398 g/mol. The molecule has 2 heteroatoms. The van der Waals surface area contributed by atoms with Crippen molar-refractivity contribution in [3.8, 4) is 22.3 Å². The molecular weight excluding hydrogens is 384 g/mol. The average molecular weight is 399 g/mol. The molecule has 5 rings (SSSR count). The summed E-state index contributed by atoms with van der Waals surface area (Å²) in [5.41, 5.74) is 6.57. The molecule has 1 nitrogen and oxygen atoms in total. The summed E-state index contributed by atoms with van der Waals surface area (Å²) in [7, 11) is 0. The van der Waals surface area contributed by atoms with Gasteiger partial charge in [-0.15, -0.1) is 0 Å². The molecule has 124 valence electrons. The molecule has 1 aromatic heterocycles. The second-order valence-corrected chi connectivity index (χ2v) is 7.28. The van der Waals surface area contributed by atoms with Crippen LogP contribution in [-0.2, 0) is 0 Å². The predicted octanol–water partition coefficient (Wildman–Crippen LogP) is 7.68. The van der Waals surface area contributed by atoms with Gasteiger partial charge in [0.05, 0.1) is 0 Å². The highest BCUT2D eigenvalue weighted by Crippen LogP contribution is 2.37. The molecule has 0 aliphatic carbocycles. The summed E-state index contributed by atoms with van der Waals surface area (Å²) in [6.07, 6.45) is 0. The molecule has 0 spiro atoms. The number of rotatable bonds is 2. The first kappa shape index (κ1) is 15.4. The van der Waals surface area contributed by atoms with Gasteiger partial charge in [0, 0.05) is 20.8 Å². The van der Waals surface area contributed by atoms with Crippen LogP contribution in [0.3, 0.4) is 0 Å². The van der Waals surface area contributed by atoms with Gasteiger partial charge in [0.1, 0.15) is 11.2 Å². The second kappa shape index (κ2) is 6.15. The highest BCUT2D eigenvalue weighted by atomic mass is 79.9. The van der Waals surface area contributed by atoms with Crippen LogP contribution in [0.5, 0.6) is 0 Å². The standard InChI is InChI=1S/C24H15BrO/c25-19-13-14-21-22-8-4-7-20(24(22)26-23(21)15-19)18-11-9-17(10-12-18)16-5-2-1-3-6-16/h1-15H. The van der Waals surface area contributed by atoms with Crippen molar-refractivity contribution in [3.63, 3.8) is 0 Å². The normalized spacial score (nSPS) is 11.3. The number of furan rings is 1. The fraction of sp³-hybridized carbons (Fsp3) is 0. The molecule has 0 N–H and O–H groups in total. The maximum atomic E-state index is 6.20. The van der Waals surface area contributed by atoms with Gasteiger partial charge < -0.3 is 4.42 Å². The molecule has 0 amide bonds. The molecule has 0 unspecified atom stereocenters. The minimum atomic E-state index is 0.905.